The first-order valence-electron chi connectivity index (χ1n) is 8.53. The van der Waals surface area contributed by atoms with Crippen LogP contribution in [0.5, 0.6) is 0 Å². The Labute approximate surface area is 169 Å². The summed E-state index contributed by atoms with van der Waals surface area (Å²) < 4.78 is 31.9. The Morgan fingerprint density at radius 1 is 1.17 bits per heavy atom. The van der Waals surface area contributed by atoms with Gasteiger partial charge in [0.25, 0.3) is 11.6 Å². The number of nitrogens with one attached hydrogen (secondary N) is 2. The number of carbonyl (C=O) groups is 1. The number of carbonyl (C=O) groups excluding carboxylic acids is 1. The van der Waals surface area contributed by atoms with Gasteiger partial charge in [0.05, 0.1) is 23.8 Å². The minimum atomic E-state index is -0.882. The molecule has 152 valence electrons. The van der Waals surface area contributed by atoms with Crippen LogP contribution in [0, 0.1) is 21.7 Å². The molecule has 0 radical (unpaired) electrons. The summed E-state index contributed by atoms with van der Waals surface area (Å²) >= 11 is 4.96. The van der Waals surface area contributed by atoms with Gasteiger partial charge in [-0.15, -0.1) is 0 Å². The fraction of sp³-hybridized carbons (Fsp3) is 0.222. The van der Waals surface area contributed by atoms with E-state index >= 15 is 0 Å². The summed E-state index contributed by atoms with van der Waals surface area (Å²) in [6.07, 6.45) is 0. The van der Waals surface area contributed by atoms with Crippen LogP contribution >= 0.6 is 12.2 Å². The highest BCUT2D eigenvalue weighted by Crippen LogP contribution is 2.30. The van der Waals surface area contributed by atoms with Gasteiger partial charge in [-0.25, -0.2) is 8.78 Å². The first-order chi connectivity index (χ1) is 13.8. The highest BCUT2D eigenvalue weighted by molar-refractivity contribution is 7.80. The van der Waals surface area contributed by atoms with E-state index < -0.39 is 22.5 Å². The van der Waals surface area contributed by atoms with Crippen LogP contribution in [0.3, 0.4) is 0 Å². The van der Waals surface area contributed by atoms with Gasteiger partial charge in [0.15, 0.2) is 5.11 Å². The molecule has 0 saturated carbocycles. The highest BCUT2D eigenvalue weighted by Gasteiger charge is 2.23. The van der Waals surface area contributed by atoms with E-state index in [1.54, 1.807) is 0 Å². The molecule has 3 rings (SSSR count). The minimum Gasteiger partial charge on any atom is -0.378 e. The summed E-state index contributed by atoms with van der Waals surface area (Å²) in [7, 11) is 0. The van der Waals surface area contributed by atoms with Crippen molar-refractivity contribution in [3.8, 4) is 0 Å². The fourth-order valence-corrected chi connectivity index (χ4v) is 3.00. The number of nitrogens with zero attached hydrogens (tertiary/aromatic N) is 2. The van der Waals surface area contributed by atoms with Gasteiger partial charge in [0.2, 0.25) is 0 Å². The first kappa shape index (κ1) is 20.6. The summed E-state index contributed by atoms with van der Waals surface area (Å²) in [4.78, 5) is 25.1. The van der Waals surface area contributed by atoms with Crippen molar-refractivity contribution in [2.24, 2.45) is 0 Å². The minimum absolute atomic E-state index is 0.0115. The lowest BCUT2D eigenvalue weighted by molar-refractivity contribution is -0.384. The quantitative estimate of drug-likeness (QED) is 0.444. The Hall–Kier alpha value is -3.18. The average molecular weight is 422 g/mol. The number of rotatable bonds is 4. The van der Waals surface area contributed by atoms with E-state index in [0.29, 0.717) is 38.1 Å². The molecular formula is C18H16F2N4O4S. The molecule has 1 saturated heterocycles. The van der Waals surface area contributed by atoms with E-state index in [0.717, 1.165) is 18.2 Å². The predicted molar refractivity (Wildman–Crippen MR) is 106 cm³/mol. The Balaban J connectivity index is 1.73. The molecule has 1 fully saturated rings. The van der Waals surface area contributed by atoms with E-state index in [2.05, 4.69) is 10.6 Å². The van der Waals surface area contributed by atoms with E-state index in [1.807, 2.05) is 4.90 Å². The summed E-state index contributed by atoms with van der Waals surface area (Å²) in [5.74, 6) is -2.34. The lowest BCUT2D eigenvalue weighted by Crippen LogP contribution is -2.37. The second-order valence-corrected chi connectivity index (χ2v) is 6.50. The third-order valence-corrected chi connectivity index (χ3v) is 4.40. The lowest BCUT2D eigenvalue weighted by atomic mass is 10.1. The third-order valence-electron chi connectivity index (χ3n) is 4.19. The van der Waals surface area contributed by atoms with Crippen molar-refractivity contribution in [3.05, 3.63) is 63.7 Å². The van der Waals surface area contributed by atoms with Crippen LogP contribution in [-0.2, 0) is 4.74 Å². The van der Waals surface area contributed by atoms with Crippen molar-refractivity contribution in [2.45, 2.75) is 0 Å². The second-order valence-electron chi connectivity index (χ2n) is 6.09. The number of nitro groups is 1. The molecule has 1 amide bonds. The zero-order valence-corrected chi connectivity index (χ0v) is 15.8. The first-order valence-corrected chi connectivity index (χ1v) is 8.94. The van der Waals surface area contributed by atoms with Crippen LogP contribution in [-0.4, -0.2) is 42.2 Å². The van der Waals surface area contributed by atoms with Crippen LogP contribution in [0.25, 0.3) is 0 Å². The molecule has 29 heavy (non-hydrogen) atoms. The second kappa shape index (κ2) is 8.88. The van der Waals surface area contributed by atoms with E-state index in [1.165, 1.54) is 12.1 Å². The molecule has 1 aliphatic heterocycles. The van der Waals surface area contributed by atoms with E-state index in [4.69, 9.17) is 17.0 Å². The van der Waals surface area contributed by atoms with Gasteiger partial charge in [-0.3, -0.25) is 20.2 Å². The molecule has 0 bridgehead atoms. The smallest absolute Gasteiger partial charge is 0.293 e. The number of hydrogen-bond donors (Lipinski definition) is 2. The van der Waals surface area contributed by atoms with Crippen LogP contribution in [0.4, 0.5) is 25.8 Å². The number of benzene rings is 2. The predicted octanol–water partition coefficient (Wildman–Crippen LogP) is 2.84. The Morgan fingerprint density at radius 2 is 1.90 bits per heavy atom. The number of ether oxygens (including phenoxy) is 1. The highest BCUT2D eigenvalue weighted by atomic mass is 32.1. The van der Waals surface area contributed by atoms with Crippen molar-refractivity contribution in [2.75, 3.05) is 36.5 Å². The summed E-state index contributed by atoms with van der Waals surface area (Å²) in [6, 6.07) is 6.92. The molecule has 1 aliphatic rings. The molecular weight excluding hydrogens is 406 g/mol. The van der Waals surface area contributed by atoms with Crippen LogP contribution < -0.4 is 15.5 Å². The van der Waals surface area contributed by atoms with Gasteiger partial charge >= 0.3 is 0 Å². The van der Waals surface area contributed by atoms with Crippen molar-refractivity contribution in [3.63, 3.8) is 0 Å². The number of anilines is 2. The maximum absolute atomic E-state index is 13.7. The summed E-state index contributed by atoms with van der Waals surface area (Å²) in [5.41, 5.74) is 0.0646. The van der Waals surface area contributed by atoms with Gasteiger partial charge in [0, 0.05) is 30.8 Å². The Morgan fingerprint density at radius 3 is 2.55 bits per heavy atom. The van der Waals surface area contributed by atoms with Gasteiger partial charge in [0.1, 0.15) is 17.3 Å². The zero-order chi connectivity index (χ0) is 21.0. The molecule has 11 heteroatoms. The molecule has 0 spiro atoms. The lowest BCUT2D eigenvalue weighted by Gasteiger charge is -2.28. The molecule has 0 unspecified atom stereocenters. The maximum atomic E-state index is 13.7. The van der Waals surface area contributed by atoms with Gasteiger partial charge in [-0.1, -0.05) is 0 Å². The molecule has 0 atom stereocenters. The number of amides is 1. The van der Waals surface area contributed by atoms with Gasteiger partial charge in [-0.05, 0) is 36.5 Å². The van der Waals surface area contributed by atoms with Crippen LogP contribution in [0.1, 0.15) is 10.4 Å². The maximum Gasteiger partial charge on any atom is 0.293 e. The van der Waals surface area contributed by atoms with E-state index in [9.17, 15) is 23.7 Å². The molecule has 0 aliphatic carbocycles. The summed E-state index contributed by atoms with van der Waals surface area (Å²) in [6.45, 7) is 1.92. The number of halogens is 2. The standard InChI is InChI=1S/C18H16F2N4O4S/c19-12-2-3-14(13(20)10-12)21-18(29)22-17(25)11-1-4-15(16(9-11)24(26)27)23-5-7-28-8-6-23/h1-4,9-10H,5-8H2,(H2,21,22,25,29). The zero-order valence-electron chi connectivity index (χ0n) is 15.0. The fourth-order valence-electron chi connectivity index (χ4n) is 2.80. The molecule has 2 aromatic rings. The van der Waals surface area contributed by atoms with Crippen molar-refractivity contribution < 1.29 is 23.2 Å². The summed E-state index contributed by atoms with van der Waals surface area (Å²) in [5, 5.41) is 16.0. The van der Waals surface area contributed by atoms with E-state index in [-0.39, 0.29) is 22.1 Å². The number of thiocarbonyl (C=S) groups is 1. The number of hydrogen-bond acceptors (Lipinski definition) is 6. The number of nitro benzene ring substituents is 1. The SMILES string of the molecule is O=C(NC(=S)Nc1ccc(F)cc1F)c1ccc(N2CCOCC2)c([N+](=O)[O-])c1. The van der Waals surface area contributed by atoms with Crippen LogP contribution in [0.15, 0.2) is 36.4 Å². The normalized spacial score (nSPS) is 13.7. The van der Waals surface area contributed by atoms with Crippen molar-refractivity contribution in [1.29, 1.82) is 0 Å². The molecule has 2 aromatic carbocycles. The monoisotopic (exact) mass is 422 g/mol. The largest absolute Gasteiger partial charge is 0.378 e. The molecule has 8 nitrogen and oxygen atoms in total. The number of morpholine rings is 1. The Bertz CT molecular complexity index is 967. The van der Waals surface area contributed by atoms with Crippen molar-refractivity contribution >= 4 is 40.3 Å². The van der Waals surface area contributed by atoms with Crippen molar-refractivity contribution in [1.82, 2.24) is 5.32 Å². The topological polar surface area (TPSA) is 96.7 Å². The molecule has 2 N–H and O–H groups in total. The van der Waals surface area contributed by atoms with Crippen LogP contribution in [0.2, 0.25) is 0 Å². The molecule has 1 heterocycles. The average Bonchev–Trinajstić information content (AvgIpc) is 2.70. The third kappa shape index (κ3) is 5.00. The molecule has 0 aromatic heterocycles. The Kier molecular flexibility index (Phi) is 6.29. The van der Waals surface area contributed by atoms with Gasteiger partial charge < -0.3 is 15.0 Å². The van der Waals surface area contributed by atoms with Gasteiger partial charge in [-0.2, -0.15) is 0 Å².